The van der Waals surface area contributed by atoms with E-state index in [-0.39, 0.29) is 5.56 Å². The van der Waals surface area contributed by atoms with Crippen LogP contribution >= 0.6 is 0 Å². The number of carbonyl (C=O) groups is 2. The van der Waals surface area contributed by atoms with Crippen molar-refractivity contribution in [2.45, 2.75) is 12.8 Å². The second-order valence-corrected chi connectivity index (χ2v) is 4.38. The highest BCUT2D eigenvalue weighted by Crippen LogP contribution is 2.28. The smallest absolute Gasteiger partial charge is 0.340 e. The van der Waals surface area contributed by atoms with Gasteiger partial charge >= 0.3 is 11.9 Å². The Hall–Kier alpha value is -2.04. The topological polar surface area (TPSA) is 55.8 Å². The average Bonchev–Trinajstić information content (AvgIpc) is 2.98. The zero-order chi connectivity index (χ0) is 13.8. The number of hydrogen-bond acceptors (Lipinski definition) is 5. The fourth-order valence-corrected chi connectivity index (χ4v) is 2.36. The van der Waals surface area contributed by atoms with E-state index in [0.717, 1.165) is 31.6 Å². The number of nitrogens with zero attached hydrogens (tertiary/aromatic N) is 1. The number of benzene rings is 1. The van der Waals surface area contributed by atoms with Crippen LogP contribution in [0.5, 0.6) is 0 Å². The average molecular weight is 263 g/mol. The predicted molar refractivity (Wildman–Crippen MR) is 70.6 cm³/mol. The molecule has 1 aromatic carbocycles. The summed E-state index contributed by atoms with van der Waals surface area (Å²) in [7, 11) is 2.61. The first-order chi connectivity index (χ1) is 9.19. The van der Waals surface area contributed by atoms with E-state index in [9.17, 15) is 9.59 Å². The molecule has 5 nitrogen and oxygen atoms in total. The minimum atomic E-state index is -0.526. The van der Waals surface area contributed by atoms with Crippen molar-refractivity contribution >= 4 is 17.6 Å². The van der Waals surface area contributed by atoms with E-state index in [1.165, 1.54) is 14.2 Å². The highest BCUT2D eigenvalue weighted by molar-refractivity contribution is 6.07. The van der Waals surface area contributed by atoms with Crippen LogP contribution in [-0.4, -0.2) is 39.2 Å². The van der Waals surface area contributed by atoms with Crippen molar-refractivity contribution in [2.75, 3.05) is 32.2 Å². The first-order valence-corrected chi connectivity index (χ1v) is 6.23. The Kier molecular flexibility index (Phi) is 4.04. The molecule has 0 aromatic heterocycles. The number of hydrogen-bond donors (Lipinski definition) is 0. The molecule has 0 amide bonds. The first-order valence-electron chi connectivity index (χ1n) is 6.23. The fraction of sp³-hybridized carbons (Fsp3) is 0.429. The molecular formula is C14H17NO4. The second-order valence-electron chi connectivity index (χ2n) is 4.38. The molecule has 2 rings (SSSR count). The van der Waals surface area contributed by atoms with Crippen molar-refractivity contribution < 1.29 is 19.1 Å². The minimum absolute atomic E-state index is 0.249. The van der Waals surface area contributed by atoms with E-state index >= 15 is 0 Å². The van der Waals surface area contributed by atoms with Crippen molar-refractivity contribution in [1.29, 1.82) is 0 Å². The number of ether oxygens (including phenoxy) is 2. The number of methoxy groups -OCH3 is 2. The van der Waals surface area contributed by atoms with Gasteiger partial charge in [0.15, 0.2) is 0 Å². The molecule has 1 aliphatic heterocycles. The zero-order valence-corrected chi connectivity index (χ0v) is 11.1. The molecule has 1 fully saturated rings. The summed E-state index contributed by atoms with van der Waals surface area (Å²) < 4.78 is 9.52. The largest absolute Gasteiger partial charge is 0.465 e. The van der Waals surface area contributed by atoms with E-state index in [1.54, 1.807) is 12.1 Å². The van der Waals surface area contributed by atoms with E-state index in [0.29, 0.717) is 5.56 Å². The van der Waals surface area contributed by atoms with Gasteiger partial charge in [0.05, 0.1) is 31.0 Å². The molecule has 0 saturated carbocycles. The Morgan fingerprint density at radius 3 is 2.26 bits per heavy atom. The minimum Gasteiger partial charge on any atom is -0.465 e. The van der Waals surface area contributed by atoms with Crippen LogP contribution in [0.15, 0.2) is 18.2 Å². The van der Waals surface area contributed by atoms with Gasteiger partial charge in [0.2, 0.25) is 0 Å². The van der Waals surface area contributed by atoms with Crippen molar-refractivity contribution in [3.63, 3.8) is 0 Å². The van der Waals surface area contributed by atoms with Gasteiger partial charge in [-0.25, -0.2) is 9.59 Å². The standard InChI is InChI=1S/C14H17NO4/c1-18-13(16)10-6-5-7-11(12(10)14(17)19-2)15-8-3-4-9-15/h5-7H,3-4,8-9H2,1-2H3. The van der Waals surface area contributed by atoms with Gasteiger partial charge in [-0.05, 0) is 25.0 Å². The Bertz CT molecular complexity index is 492. The number of anilines is 1. The van der Waals surface area contributed by atoms with Crippen molar-refractivity contribution in [2.24, 2.45) is 0 Å². The van der Waals surface area contributed by atoms with Crippen molar-refractivity contribution in [3.05, 3.63) is 29.3 Å². The predicted octanol–water partition coefficient (Wildman–Crippen LogP) is 1.86. The van der Waals surface area contributed by atoms with Gasteiger partial charge in [-0.15, -0.1) is 0 Å². The lowest BCUT2D eigenvalue weighted by Gasteiger charge is -2.21. The highest BCUT2D eigenvalue weighted by Gasteiger charge is 2.26. The molecule has 5 heteroatoms. The Morgan fingerprint density at radius 1 is 1.05 bits per heavy atom. The monoisotopic (exact) mass is 263 g/mol. The van der Waals surface area contributed by atoms with Crippen LogP contribution in [0.1, 0.15) is 33.6 Å². The summed E-state index contributed by atoms with van der Waals surface area (Å²) in [5, 5.41) is 0. The summed E-state index contributed by atoms with van der Waals surface area (Å²) in [6.07, 6.45) is 2.17. The Labute approximate surface area is 112 Å². The molecule has 0 N–H and O–H groups in total. The van der Waals surface area contributed by atoms with Gasteiger partial charge in [-0.2, -0.15) is 0 Å². The normalized spacial score (nSPS) is 14.3. The van der Waals surface area contributed by atoms with E-state index in [4.69, 9.17) is 9.47 Å². The quantitative estimate of drug-likeness (QED) is 0.779. The third-order valence-electron chi connectivity index (χ3n) is 3.28. The number of esters is 2. The van der Waals surface area contributed by atoms with E-state index in [2.05, 4.69) is 4.90 Å². The molecule has 102 valence electrons. The van der Waals surface area contributed by atoms with Crippen molar-refractivity contribution in [1.82, 2.24) is 0 Å². The van der Waals surface area contributed by atoms with Crippen LogP contribution in [0, 0.1) is 0 Å². The second kappa shape index (κ2) is 5.73. The van der Waals surface area contributed by atoms with Crippen LogP contribution in [0.25, 0.3) is 0 Å². The lowest BCUT2D eigenvalue weighted by Crippen LogP contribution is -2.23. The molecule has 19 heavy (non-hydrogen) atoms. The lowest BCUT2D eigenvalue weighted by molar-refractivity contribution is 0.0556. The SMILES string of the molecule is COC(=O)c1cccc(N2CCCC2)c1C(=O)OC. The van der Waals surface area contributed by atoms with Crippen LogP contribution in [-0.2, 0) is 9.47 Å². The van der Waals surface area contributed by atoms with Crippen LogP contribution < -0.4 is 4.90 Å². The van der Waals surface area contributed by atoms with Gasteiger partial charge in [0.1, 0.15) is 0 Å². The third kappa shape index (κ3) is 2.54. The fourth-order valence-electron chi connectivity index (χ4n) is 2.36. The van der Waals surface area contributed by atoms with Crippen LogP contribution in [0.3, 0.4) is 0 Å². The molecule has 1 aliphatic rings. The zero-order valence-electron chi connectivity index (χ0n) is 11.1. The molecule has 0 bridgehead atoms. The van der Waals surface area contributed by atoms with Gasteiger partial charge in [-0.3, -0.25) is 0 Å². The summed E-state index contributed by atoms with van der Waals surface area (Å²) in [6, 6.07) is 5.17. The van der Waals surface area contributed by atoms with Gasteiger partial charge < -0.3 is 14.4 Å². The highest BCUT2D eigenvalue weighted by atomic mass is 16.5. The Balaban J connectivity index is 2.52. The summed E-state index contributed by atoms with van der Waals surface area (Å²) in [5.41, 5.74) is 1.28. The molecule has 1 aromatic rings. The maximum Gasteiger partial charge on any atom is 0.340 e. The van der Waals surface area contributed by atoms with Gasteiger partial charge in [-0.1, -0.05) is 6.07 Å². The van der Waals surface area contributed by atoms with E-state index in [1.807, 2.05) is 6.07 Å². The van der Waals surface area contributed by atoms with Crippen LogP contribution in [0.2, 0.25) is 0 Å². The van der Waals surface area contributed by atoms with Gasteiger partial charge in [0, 0.05) is 13.1 Å². The summed E-state index contributed by atoms with van der Waals surface area (Å²) in [5.74, 6) is -1.04. The summed E-state index contributed by atoms with van der Waals surface area (Å²) in [6.45, 7) is 1.77. The molecule has 0 unspecified atom stereocenters. The molecule has 1 saturated heterocycles. The summed E-state index contributed by atoms with van der Waals surface area (Å²) >= 11 is 0. The molecule has 0 aliphatic carbocycles. The summed E-state index contributed by atoms with van der Waals surface area (Å²) in [4.78, 5) is 25.8. The maximum atomic E-state index is 12.0. The molecule has 1 heterocycles. The van der Waals surface area contributed by atoms with E-state index < -0.39 is 11.9 Å². The number of carbonyl (C=O) groups excluding carboxylic acids is 2. The lowest BCUT2D eigenvalue weighted by atomic mass is 10.0. The van der Waals surface area contributed by atoms with Crippen LogP contribution in [0.4, 0.5) is 5.69 Å². The molecule has 0 spiro atoms. The molecule has 0 atom stereocenters. The first kappa shape index (κ1) is 13.4. The Morgan fingerprint density at radius 2 is 1.68 bits per heavy atom. The molecular weight excluding hydrogens is 246 g/mol. The van der Waals surface area contributed by atoms with Gasteiger partial charge in [0.25, 0.3) is 0 Å². The molecule has 0 radical (unpaired) electrons. The van der Waals surface area contributed by atoms with Crippen molar-refractivity contribution in [3.8, 4) is 0 Å². The number of rotatable bonds is 3. The maximum absolute atomic E-state index is 12.0. The third-order valence-corrected chi connectivity index (χ3v) is 3.28.